The van der Waals surface area contributed by atoms with Crippen molar-refractivity contribution in [1.82, 2.24) is 0 Å². The zero-order valence-corrected chi connectivity index (χ0v) is 12.4. The maximum Gasteiger partial charge on any atom is 0.257 e. The summed E-state index contributed by atoms with van der Waals surface area (Å²) in [5.74, 6) is -0.268. The molecule has 0 aliphatic rings. The molecule has 102 valence electrons. The van der Waals surface area contributed by atoms with Crippen molar-refractivity contribution < 1.29 is 4.79 Å². The van der Waals surface area contributed by atoms with E-state index in [0.717, 1.165) is 5.56 Å². The van der Waals surface area contributed by atoms with Crippen LogP contribution in [0.15, 0.2) is 42.5 Å². The predicted molar refractivity (Wildman–Crippen MR) is 86.5 cm³/mol. The molecule has 0 fully saturated rings. The summed E-state index contributed by atoms with van der Waals surface area (Å²) >= 11 is 11.0. The fourth-order valence-corrected chi connectivity index (χ4v) is 2.20. The van der Waals surface area contributed by atoms with Gasteiger partial charge in [0.15, 0.2) is 0 Å². The molecule has 0 aliphatic carbocycles. The Morgan fingerprint density at radius 2 is 2.00 bits per heavy atom. The summed E-state index contributed by atoms with van der Waals surface area (Å²) < 4.78 is 0. The topological polar surface area (TPSA) is 55.1 Å². The number of benzene rings is 2. The molecule has 0 aromatic heterocycles. The van der Waals surface area contributed by atoms with Crippen molar-refractivity contribution in [2.24, 2.45) is 5.73 Å². The Balaban J connectivity index is 2.23. The van der Waals surface area contributed by atoms with Gasteiger partial charge < -0.3 is 11.1 Å². The second-order valence-corrected chi connectivity index (χ2v) is 5.23. The van der Waals surface area contributed by atoms with Gasteiger partial charge in [0.1, 0.15) is 4.99 Å². The lowest BCUT2D eigenvalue weighted by Crippen LogP contribution is -2.14. The molecule has 0 radical (unpaired) electrons. The molecule has 0 atom stereocenters. The Morgan fingerprint density at radius 3 is 2.65 bits per heavy atom. The molecule has 0 bridgehead atoms. The van der Waals surface area contributed by atoms with Crippen LogP contribution < -0.4 is 11.1 Å². The first-order chi connectivity index (χ1) is 9.47. The van der Waals surface area contributed by atoms with Gasteiger partial charge in [-0.1, -0.05) is 42.0 Å². The van der Waals surface area contributed by atoms with E-state index >= 15 is 0 Å². The normalized spacial score (nSPS) is 10.1. The maximum atomic E-state index is 12.2. The van der Waals surface area contributed by atoms with Gasteiger partial charge in [-0.15, -0.1) is 0 Å². The van der Waals surface area contributed by atoms with E-state index in [0.29, 0.717) is 21.8 Å². The standard InChI is InChI=1S/C15H13ClN2OS/c1-9-5-6-12(13(16)7-9)15(19)18-11-4-2-3-10(8-11)14(17)20/h2-8H,1H3,(H2,17,20)(H,18,19). The molecule has 2 rings (SSSR count). The highest BCUT2D eigenvalue weighted by Gasteiger charge is 2.11. The van der Waals surface area contributed by atoms with Crippen molar-refractivity contribution in [2.75, 3.05) is 5.32 Å². The van der Waals surface area contributed by atoms with Crippen LogP contribution in [0.1, 0.15) is 21.5 Å². The number of hydrogen-bond acceptors (Lipinski definition) is 2. The molecule has 0 aliphatic heterocycles. The zero-order chi connectivity index (χ0) is 14.7. The molecular formula is C15H13ClN2OS. The van der Waals surface area contributed by atoms with Gasteiger partial charge in [-0.2, -0.15) is 0 Å². The summed E-state index contributed by atoms with van der Waals surface area (Å²) in [6.45, 7) is 1.92. The number of halogens is 1. The van der Waals surface area contributed by atoms with Gasteiger partial charge in [-0.3, -0.25) is 4.79 Å². The van der Waals surface area contributed by atoms with Crippen LogP contribution in [0, 0.1) is 6.92 Å². The van der Waals surface area contributed by atoms with E-state index in [4.69, 9.17) is 29.6 Å². The molecule has 0 heterocycles. The summed E-state index contributed by atoms with van der Waals surface area (Å²) in [4.78, 5) is 12.5. The number of amides is 1. The average Bonchev–Trinajstić information content (AvgIpc) is 2.38. The smallest absolute Gasteiger partial charge is 0.257 e. The fourth-order valence-electron chi connectivity index (χ4n) is 1.75. The SMILES string of the molecule is Cc1ccc(C(=O)Nc2cccc(C(N)=S)c2)c(Cl)c1. The van der Waals surface area contributed by atoms with Crippen molar-refractivity contribution in [1.29, 1.82) is 0 Å². The van der Waals surface area contributed by atoms with Crippen molar-refractivity contribution in [3.63, 3.8) is 0 Å². The third-order valence-corrected chi connectivity index (χ3v) is 3.32. The number of rotatable bonds is 3. The molecule has 1 amide bonds. The molecule has 2 aromatic rings. The number of nitrogens with one attached hydrogen (secondary N) is 1. The number of anilines is 1. The van der Waals surface area contributed by atoms with Crippen molar-refractivity contribution in [3.8, 4) is 0 Å². The van der Waals surface area contributed by atoms with Crippen LogP contribution in [0.25, 0.3) is 0 Å². The number of hydrogen-bond donors (Lipinski definition) is 2. The first-order valence-electron chi connectivity index (χ1n) is 5.95. The second kappa shape index (κ2) is 6.03. The largest absolute Gasteiger partial charge is 0.389 e. The van der Waals surface area contributed by atoms with Gasteiger partial charge in [0.25, 0.3) is 5.91 Å². The summed E-state index contributed by atoms with van der Waals surface area (Å²) in [6.07, 6.45) is 0. The third kappa shape index (κ3) is 3.35. The van der Waals surface area contributed by atoms with Gasteiger partial charge in [0, 0.05) is 11.3 Å². The van der Waals surface area contributed by atoms with Crippen LogP contribution in [0.4, 0.5) is 5.69 Å². The molecule has 20 heavy (non-hydrogen) atoms. The van der Waals surface area contributed by atoms with Crippen LogP contribution >= 0.6 is 23.8 Å². The summed E-state index contributed by atoms with van der Waals surface area (Å²) in [6, 6.07) is 12.3. The lowest BCUT2D eigenvalue weighted by atomic mass is 10.1. The van der Waals surface area contributed by atoms with Crippen LogP contribution in [-0.4, -0.2) is 10.9 Å². The van der Waals surface area contributed by atoms with Crippen LogP contribution in [0.2, 0.25) is 5.02 Å². The molecule has 0 spiro atoms. The first kappa shape index (κ1) is 14.5. The predicted octanol–water partition coefficient (Wildman–Crippen LogP) is 3.53. The van der Waals surface area contributed by atoms with E-state index < -0.39 is 0 Å². The molecule has 3 nitrogen and oxygen atoms in total. The van der Waals surface area contributed by atoms with Crippen molar-refractivity contribution >= 4 is 40.4 Å². The lowest BCUT2D eigenvalue weighted by molar-refractivity contribution is 0.102. The number of thiocarbonyl (C=S) groups is 1. The Morgan fingerprint density at radius 1 is 1.25 bits per heavy atom. The maximum absolute atomic E-state index is 12.2. The minimum atomic E-state index is -0.268. The Kier molecular flexibility index (Phi) is 4.37. The zero-order valence-electron chi connectivity index (χ0n) is 10.8. The molecule has 0 saturated heterocycles. The summed E-state index contributed by atoms with van der Waals surface area (Å²) in [5, 5.41) is 3.20. The molecule has 5 heteroatoms. The van der Waals surface area contributed by atoms with E-state index in [1.54, 1.807) is 36.4 Å². The molecule has 2 aromatic carbocycles. The van der Waals surface area contributed by atoms with E-state index in [9.17, 15) is 4.79 Å². The molecule has 3 N–H and O–H groups in total. The third-order valence-electron chi connectivity index (χ3n) is 2.77. The summed E-state index contributed by atoms with van der Waals surface area (Å²) in [5.41, 5.74) is 8.32. The van der Waals surface area contributed by atoms with E-state index in [1.807, 2.05) is 13.0 Å². The molecule has 0 saturated carbocycles. The van der Waals surface area contributed by atoms with Gasteiger partial charge in [0.05, 0.1) is 10.6 Å². The Bertz CT molecular complexity index is 685. The monoisotopic (exact) mass is 304 g/mol. The van der Waals surface area contributed by atoms with Crippen LogP contribution in [-0.2, 0) is 0 Å². The van der Waals surface area contributed by atoms with Gasteiger partial charge in [-0.25, -0.2) is 0 Å². The highest BCUT2D eigenvalue weighted by molar-refractivity contribution is 7.80. The van der Waals surface area contributed by atoms with Gasteiger partial charge >= 0.3 is 0 Å². The Labute approximate surface area is 127 Å². The highest BCUT2D eigenvalue weighted by atomic mass is 35.5. The number of carbonyl (C=O) groups excluding carboxylic acids is 1. The van der Waals surface area contributed by atoms with Crippen LogP contribution in [0.5, 0.6) is 0 Å². The highest BCUT2D eigenvalue weighted by Crippen LogP contribution is 2.19. The average molecular weight is 305 g/mol. The second-order valence-electron chi connectivity index (χ2n) is 4.38. The van der Waals surface area contributed by atoms with Gasteiger partial charge in [-0.05, 0) is 36.8 Å². The van der Waals surface area contributed by atoms with Crippen LogP contribution in [0.3, 0.4) is 0 Å². The molecular weight excluding hydrogens is 292 g/mol. The van der Waals surface area contributed by atoms with E-state index in [2.05, 4.69) is 5.32 Å². The lowest BCUT2D eigenvalue weighted by Gasteiger charge is -2.08. The number of carbonyl (C=O) groups is 1. The fraction of sp³-hybridized carbons (Fsp3) is 0.0667. The van der Waals surface area contributed by atoms with Gasteiger partial charge in [0.2, 0.25) is 0 Å². The van der Waals surface area contributed by atoms with E-state index in [1.165, 1.54) is 0 Å². The number of aryl methyl sites for hydroxylation is 1. The summed E-state index contributed by atoms with van der Waals surface area (Å²) in [7, 11) is 0. The minimum Gasteiger partial charge on any atom is -0.389 e. The van der Waals surface area contributed by atoms with Crippen molar-refractivity contribution in [2.45, 2.75) is 6.92 Å². The number of nitrogens with two attached hydrogens (primary N) is 1. The quantitative estimate of drug-likeness (QED) is 0.853. The Hall–Kier alpha value is -1.91. The van der Waals surface area contributed by atoms with E-state index in [-0.39, 0.29) is 10.9 Å². The van der Waals surface area contributed by atoms with Crippen molar-refractivity contribution in [3.05, 3.63) is 64.2 Å². The first-order valence-corrected chi connectivity index (χ1v) is 6.73. The minimum absolute atomic E-state index is 0.268. The molecule has 0 unspecified atom stereocenters.